The van der Waals surface area contributed by atoms with Crippen LogP contribution in [0.3, 0.4) is 0 Å². The van der Waals surface area contributed by atoms with Crippen molar-refractivity contribution < 1.29 is 24.3 Å². The number of hydrogen-bond acceptors (Lipinski definition) is 6. The van der Waals surface area contributed by atoms with E-state index in [4.69, 9.17) is 5.73 Å². The topological polar surface area (TPSA) is 179 Å². The first kappa shape index (κ1) is 23.1. The average molecular weight is 396 g/mol. The Morgan fingerprint density at radius 3 is 2.18 bits per heavy atom. The van der Waals surface area contributed by atoms with Gasteiger partial charge in [0.15, 0.2) is 0 Å². The van der Waals surface area contributed by atoms with Gasteiger partial charge in [-0.3, -0.25) is 14.4 Å². The van der Waals surface area contributed by atoms with Gasteiger partial charge in [0.1, 0.15) is 18.1 Å². The molecule has 0 aliphatic carbocycles. The van der Waals surface area contributed by atoms with E-state index in [2.05, 4.69) is 25.9 Å². The van der Waals surface area contributed by atoms with Gasteiger partial charge in [0, 0.05) is 18.3 Å². The number of imidazole rings is 1. The molecule has 0 radical (unpaired) electrons. The Labute approximate surface area is 162 Å². The summed E-state index contributed by atoms with van der Waals surface area (Å²) >= 11 is 0. The van der Waals surface area contributed by atoms with Crippen LogP contribution in [0.5, 0.6) is 0 Å². The Balaban J connectivity index is 2.89. The van der Waals surface area contributed by atoms with E-state index in [1.54, 1.807) is 13.8 Å². The zero-order valence-electron chi connectivity index (χ0n) is 16.4. The SMILES string of the molecule is CC(N)C(=O)NC(C)C(=O)NC(Cc1cnc[nH]1)C(=O)NC(C(=O)O)C(C)C. The number of amides is 3. The lowest BCUT2D eigenvalue weighted by molar-refractivity contribution is -0.143. The fourth-order valence-corrected chi connectivity index (χ4v) is 2.30. The van der Waals surface area contributed by atoms with Crippen LogP contribution < -0.4 is 21.7 Å². The molecule has 1 aromatic heterocycles. The normalized spacial score (nSPS) is 15.2. The number of carbonyl (C=O) groups excluding carboxylic acids is 3. The summed E-state index contributed by atoms with van der Waals surface area (Å²) in [6.07, 6.45) is 2.98. The minimum absolute atomic E-state index is 0.0654. The number of hydrogen-bond donors (Lipinski definition) is 6. The van der Waals surface area contributed by atoms with Crippen molar-refractivity contribution in [2.75, 3.05) is 0 Å². The van der Waals surface area contributed by atoms with Gasteiger partial charge >= 0.3 is 5.97 Å². The van der Waals surface area contributed by atoms with Gasteiger partial charge in [0.05, 0.1) is 12.4 Å². The highest BCUT2D eigenvalue weighted by atomic mass is 16.4. The summed E-state index contributed by atoms with van der Waals surface area (Å²) in [5.74, 6) is -3.30. The van der Waals surface area contributed by atoms with Crippen molar-refractivity contribution in [3.63, 3.8) is 0 Å². The second-order valence-electron chi connectivity index (χ2n) is 6.93. The van der Waals surface area contributed by atoms with Crippen LogP contribution in [-0.2, 0) is 25.6 Å². The molecule has 4 atom stereocenters. The number of nitrogens with zero attached hydrogens (tertiary/aromatic N) is 1. The Morgan fingerprint density at radius 2 is 1.71 bits per heavy atom. The van der Waals surface area contributed by atoms with Crippen molar-refractivity contribution in [3.8, 4) is 0 Å². The second kappa shape index (κ2) is 10.4. The number of H-pyrrole nitrogens is 1. The number of carboxylic acids is 1. The van der Waals surface area contributed by atoms with Gasteiger partial charge in [-0.15, -0.1) is 0 Å². The lowest BCUT2D eigenvalue weighted by Crippen LogP contribution is -2.57. The predicted molar refractivity (Wildman–Crippen MR) is 99.9 cm³/mol. The molecule has 3 amide bonds. The molecule has 4 unspecified atom stereocenters. The highest BCUT2D eigenvalue weighted by molar-refractivity contribution is 5.93. The maximum Gasteiger partial charge on any atom is 0.326 e. The molecule has 0 bridgehead atoms. The van der Waals surface area contributed by atoms with Gasteiger partial charge in [0.2, 0.25) is 17.7 Å². The molecule has 0 spiro atoms. The summed E-state index contributed by atoms with van der Waals surface area (Å²) in [6.45, 7) is 6.25. The van der Waals surface area contributed by atoms with E-state index < -0.39 is 47.9 Å². The first-order chi connectivity index (χ1) is 13.0. The number of nitrogens with two attached hydrogens (primary N) is 1. The van der Waals surface area contributed by atoms with Crippen LogP contribution >= 0.6 is 0 Å². The van der Waals surface area contributed by atoms with E-state index in [0.717, 1.165) is 0 Å². The molecule has 156 valence electrons. The number of rotatable bonds is 10. The molecule has 11 nitrogen and oxygen atoms in total. The Bertz CT molecular complexity index is 688. The number of aliphatic carboxylic acids is 1. The molecule has 11 heteroatoms. The molecule has 0 saturated heterocycles. The van der Waals surface area contributed by atoms with Gasteiger partial charge in [-0.2, -0.15) is 0 Å². The molecule has 1 heterocycles. The molecular formula is C17H28N6O5. The molecule has 1 rings (SSSR count). The number of aromatic nitrogens is 2. The van der Waals surface area contributed by atoms with Crippen molar-refractivity contribution in [3.05, 3.63) is 18.2 Å². The maximum absolute atomic E-state index is 12.6. The molecule has 0 aliphatic rings. The van der Waals surface area contributed by atoms with Gasteiger partial charge in [-0.1, -0.05) is 13.8 Å². The smallest absolute Gasteiger partial charge is 0.326 e. The number of carboxylic acid groups (broad SMARTS) is 1. The monoisotopic (exact) mass is 396 g/mol. The molecule has 1 aromatic rings. The summed E-state index contributed by atoms with van der Waals surface area (Å²) in [7, 11) is 0. The summed E-state index contributed by atoms with van der Waals surface area (Å²) in [6, 6.07) is -3.90. The molecule has 0 aliphatic heterocycles. The third-order valence-corrected chi connectivity index (χ3v) is 4.01. The van der Waals surface area contributed by atoms with E-state index in [1.165, 1.54) is 26.4 Å². The third-order valence-electron chi connectivity index (χ3n) is 4.01. The Hall–Kier alpha value is -2.95. The number of aromatic amines is 1. The van der Waals surface area contributed by atoms with Crippen LogP contribution in [0.1, 0.15) is 33.4 Å². The molecular weight excluding hydrogens is 368 g/mol. The van der Waals surface area contributed by atoms with E-state index in [0.29, 0.717) is 5.69 Å². The molecule has 0 aromatic carbocycles. The third kappa shape index (κ3) is 6.99. The van der Waals surface area contributed by atoms with Crippen molar-refractivity contribution in [2.45, 2.75) is 58.3 Å². The van der Waals surface area contributed by atoms with Crippen LogP contribution in [0.2, 0.25) is 0 Å². The van der Waals surface area contributed by atoms with E-state index in [9.17, 15) is 24.3 Å². The molecule has 0 saturated carbocycles. The van der Waals surface area contributed by atoms with Gasteiger partial charge in [-0.25, -0.2) is 9.78 Å². The minimum atomic E-state index is -1.17. The lowest BCUT2D eigenvalue weighted by atomic mass is 10.0. The fraction of sp³-hybridized carbons (Fsp3) is 0.588. The van der Waals surface area contributed by atoms with E-state index >= 15 is 0 Å². The summed E-state index contributed by atoms with van der Waals surface area (Å²) in [5, 5.41) is 16.7. The first-order valence-corrected chi connectivity index (χ1v) is 8.89. The first-order valence-electron chi connectivity index (χ1n) is 8.89. The predicted octanol–water partition coefficient (Wildman–Crippen LogP) is -1.49. The van der Waals surface area contributed by atoms with Gasteiger partial charge in [0.25, 0.3) is 0 Å². The van der Waals surface area contributed by atoms with E-state index in [-0.39, 0.29) is 12.3 Å². The summed E-state index contributed by atoms with van der Waals surface area (Å²) in [5.41, 5.74) is 6.03. The largest absolute Gasteiger partial charge is 0.480 e. The molecule has 0 fully saturated rings. The average Bonchev–Trinajstić information content (AvgIpc) is 3.10. The standard InChI is InChI=1S/C17H28N6O5/c1-8(2)13(17(27)28)23-16(26)12(5-11-6-19-7-20-11)22-15(25)10(4)21-14(24)9(3)18/h6-10,12-13H,5,18H2,1-4H3,(H,19,20)(H,21,24)(H,22,25)(H,23,26)(H,27,28). The van der Waals surface area contributed by atoms with Crippen molar-refractivity contribution in [1.82, 2.24) is 25.9 Å². The zero-order valence-corrected chi connectivity index (χ0v) is 16.4. The van der Waals surface area contributed by atoms with Gasteiger partial charge in [-0.05, 0) is 19.8 Å². The van der Waals surface area contributed by atoms with Crippen molar-refractivity contribution >= 4 is 23.7 Å². The maximum atomic E-state index is 12.6. The number of nitrogens with one attached hydrogen (secondary N) is 4. The quantitative estimate of drug-likeness (QED) is 0.279. The molecule has 7 N–H and O–H groups in total. The zero-order chi connectivity index (χ0) is 21.4. The molecule has 28 heavy (non-hydrogen) atoms. The summed E-state index contributed by atoms with van der Waals surface area (Å²) in [4.78, 5) is 54.8. The number of carbonyl (C=O) groups is 4. The lowest BCUT2D eigenvalue weighted by Gasteiger charge is -2.24. The summed E-state index contributed by atoms with van der Waals surface area (Å²) < 4.78 is 0. The van der Waals surface area contributed by atoms with Gasteiger partial charge < -0.3 is 31.8 Å². The Kier molecular flexibility index (Phi) is 8.58. The highest BCUT2D eigenvalue weighted by Crippen LogP contribution is 2.05. The van der Waals surface area contributed by atoms with Crippen molar-refractivity contribution in [1.29, 1.82) is 0 Å². The second-order valence-corrected chi connectivity index (χ2v) is 6.93. The van der Waals surface area contributed by atoms with Crippen LogP contribution in [0.15, 0.2) is 12.5 Å². The Morgan fingerprint density at radius 1 is 1.07 bits per heavy atom. The fourth-order valence-electron chi connectivity index (χ4n) is 2.30. The van der Waals surface area contributed by atoms with Crippen molar-refractivity contribution in [2.24, 2.45) is 11.7 Å². The van der Waals surface area contributed by atoms with E-state index in [1.807, 2.05) is 0 Å². The van der Waals surface area contributed by atoms with Crippen LogP contribution in [0.25, 0.3) is 0 Å². The van der Waals surface area contributed by atoms with Crippen LogP contribution in [0, 0.1) is 5.92 Å². The minimum Gasteiger partial charge on any atom is -0.480 e. The van der Waals surface area contributed by atoms with Crippen LogP contribution in [0.4, 0.5) is 0 Å². The van der Waals surface area contributed by atoms with Crippen LogP contribution in [-0.4, -0.2) is 62.9 Å². The highest BCUT2D eigenvalue weighted by Gasteiger charge is 2.30.